The standard InChI is InChI=1S/C20H24N6O3S/c1-24-18(27)16-13-25(19-22-8-3-9-23-19)14-17(16)20(24)5-10-26(11-6-20)30(28,29)15-4-2-7-21-12-15/h2-4,7-9,12,16-17H,5-6,10-11,13-14H2,1H3/t16-,17+/m1/s1. The maximum atomic E-state index is 13.1. The maximum absolute atomic E-state index is 13.1. The Morgan fingerprint density at radius 3 is 2.47 bits per heavy atom. The Hall–Kier alpha value is -2.59. The molecule has 1 amide bonds. The SMILES string of the molecule is CN1C(=O)[C@@H]2CN(c3ncccn3)C[C@@H]2C12CCN(S(=O)(=O)c1cccnc1)CC2. The number of piperidine rings is 1. The van der Waals surface area contributed by atoms with Crippen LogP contribution in [0.5, 0.6) is 0 Å². The van der Waals surface area contributed by atoms with Gasteiger partial charge in [0.1, 0.15) is 4.90 Å². The third-order valence-corrected chi connectivity index (χ3v) is 8.90. The summed E-state index contributed by atoms with van der Waals surface area (Å²) in [6.45, 7) is 2.09. The number of amides is 1. The Balaban J connectivity index is 1.37. The first-order valence-electron chi connectivity index (χ1n) is 10.1. The highest BCUT2D eigenvalue weighted by Gasteiger charge is 2.61. The second-order valence-electron chi connectivity index (χ2n) is 8.26. The number of carbonyl (C=O) groups is 1. The lowest BCUT2D eigenvalue weighted by Crippen LogP contribution is -2.56. The summed E-state index contributed by atoms with van der Waals surface area (Å²) in [6, 6.07) is 4.98. The molecule has 0 unspecified atom stereocenters. The van der Waals surface area contributed by atoms with Gasteiger partial charge in [0.05, 0.1) is 11.5 Å². The molecule has 0 saturated carbocycles. The van der Waals surface area contributed by atoms with Gasteiger partial charge in [-0.2, -0.15) is 4.31 Å². The van der Waals surface area contributed by atoms with E-state index in [1.54, 1.807) is 36.8 Å². The minimum absolute atomic E-state index is 0.0970. The molecular weight excluding hydrogens is 404 g/mol. The molecule has 0 aliphatic carbocycles. The monoisotopic (exact) mass is 428 g/mol. The molecule has 0 radical (unpaired) electrons. The van der Waals surface area contributed by atoms with Crippen molar-refractivity contribution in [2.24, 2.45) is 11.8 Å². The largest absolute Gasteiger partial charge is 0.340 e. The Morgan fingerprint density at radius 2 is 1.80 bits per heavy atom. The first-order chi connectivity index (χ1) is 14.4. The summed E-state index contributed by atoms with van der Waals surface area (Å²) in [4.78, 5) is 29.9. The van der Waals surface area contributed by atoms with Crippen molar-refractivity contribution in [1.82, 2.24) is 24.2 Å². The number of rotatable bonds is 3. The van der Waals surface area contributed by atoms with Gasteiger partial charge < -0.3 is 9.80 Å². The lowest BCUT2D eigenvalue weighted by atomic mass is 9.75. The van der Waals surface area contributed by atoms with Gasteiger partial charge in [-0.1, -0.05) is 0 Å². The second-order valence-corrected chi connectivity index (χ2v) is 10.2. The molecule has 3 saturated heterocycles. The molecule has 9 nitrogen and oxygen atoms in total. The van der Waals surface area contributed by atoms with E-state index in [2.05, 4.69) is 19.9 Å². The van der Waals surface area contributed by atoms with Crippen molar-refractivity contribution in [2.45, 2.75) is 23.3 Å². The van der Waals surface area contributed by atoms with Gasteiger partial charge in [0.15, 0.2) is 0 Å². The third-order valence-electron chi connectivity index (χ3n) is 7.02. The van der Waals surface area contributed by atoms with Crippen molar-refractivity contribution in [1.29, 1.82) is 0 Å². The molecule has 0 aromatic carbocycles. The molecule has 3 aliphatic rings. The summed E-state index contributed by atoms with van der Waals surface area (Å²) in [5, 5.41) is 0. The molecule has 0 N–H and O–H groups in total. The van der Waals surface area contributed by atoms with Gasteiger partial charge in [-0.15, -0.1) is 0 Å². The molecule has 3 aliphatic heterocycles. The minimum Gasteiger partial charge on any atom is -0.340 e. The fraction of sp³-hybridized carbons (Fsp3) is 0.500. The highest BCUT2D eigenvalue weighted by molar-refractivity contribution is 7.89. The molecule has 1 spiro atoms. The number of sulfonamides is 1. The van der Waals surface area contributed by atoms with E-state index in [1.165, 1.54) is 10.5 Å². The summed E-state index contributed by atoms with van der Waals surface area (Å²) in [5.41, 5.74) is -0.327. The number of likely N-dealkylation sites (tertiary alicyclic amines) is 1. The van der Waals surface area contributed by atoms with E-state index in [-0.39, 0.29) is 28.2 Å². The second kappa shape index (κ2) is 6.98. The zero-order valence-electron chi connectivity index (χ0n) is 16.8. The van der Waals surface area contributed by atoms with Crippen LogP contribution in [0.4, 0.5) is 5.95 Å². The van der Waals surface area contributed by atoms with Crippen molar-refractivity contribution in [3.63, 3.8) is 0 Å². The molecule has 3 fully saturated rings. The molecule has 10 heteroatoms. The van der Waals surface area contributed by atoms with Crippen LogP contribution in [-0.4, -0.2) is 77.2 Å². The molecule has 2 aromatic rings. The number of nitrogens with zero attached hydrogens (tertiary/aromatic N) is 6. The normalized spacial score (nSPS) is 26.4. The number of fused-ring (bicyclic) bond motifs is 2. The summed E-state index contributed by atoms with van der Waals surface area (Å²) in [5.74, 6) is 0.832. The summed E-state index contributed by atoms with van der Waals surface area (Å²) in [6.07, 6.45) is 7.62. The summed E-state index contributed by atoms with van der Waals surface area (Å²) < 4.78 is 27.5. The number of hydrogen-bond donors (Lipinski definition) is 0. The Morgan fingerprint density at radius 1 is 1.07 bits per heavy atom. The zero-order valence-corrected chi connectivity index (χ0v) is 17.6. The van der Waals surface area contributed by atoms with Crippen LogP contribution in [0.1, 0.15) is 12.8 Å². The van der Waals surface area contributed by atoms with Gasteiger partial charge in [-0.25, -0.2) is 18.4 Å². The Labute approximate surface area is 175 Å². The summed E-state index contributed by atoms with van der Waals surface area (Å²) in [7, 11) is -1.71. The highest BCUT2D eigenvalue weighted by Crippen LogP contribution is 2.49. The quantitative estimate of drug-likeness (QED) is 0.707. The van der Waals surface area contributed by atoms with Crippen LogP contribution in [-0.2, 0) is 14.8 Å². The van der Waals surface area contributed by atoms with Gasteiger partial charge in [0.25, 0.3) is 0 Å². The average Bonchev–Trinajstić information content (AvgIpc) is 3.31. The van der Waals surface area contributed by atoms with Crippen LogP contribution in [0.25, 0.3) is 0 Å². The van der Waals surface area contributed by atoms with E-state index in [9.17, 15) is 13.2 Å². The number of pyridine rings is 1. The van der Waals surface area contributed by atoms with Gasteiger partial charge >= 0.3 is 0 Å². The van der Waals surface area contributed by atoms with Gasteiger partial charge in [0, 0.05) is 63.9 Å². The maximum Gasteiger partial charge on any atom is 0.244 e. The van der Waals surface area contributed by atoms with E-state index < -0.39 is 10.0 Å². The lowest BCUT2D eigenvalue weighted by molar-refractivity contribution is -0.132. The van der Waals surface area contributed by atoms with Gasteiger partial charge in [-0.3, -0.25) is 9.78 Å². The minimum atomic E-state index is -3.58. The summed E-state index contributed by atoms with van der Waals surface area (Å²) >= 11 is 0. The van der Waals surface area contributed by atoms with Crippen LogP contribution in [0.15, 0.2) is 47.9 Å². The molecular formula is C20H24N6O3S. The van der Waals surface area contributed by atoms with E-state index in [0.29, 0.717) is 45.0 Å². The molecule has 2 aromatic heterocycles. The van der Waals surface area contributed by atoms with Crippen LogP contribution in [0.3, 0.4) is 0 Å². The van der Waals surface area contributed by atoms with E-state index in [4.69, 9.17) is 0 Å². The van der Waals surface area contributed by atoms with E-state index in [1.807, 2.05) is 11.9 Å². The lowest BCUT2D eigenvalue weighted by Gasteiger charge is -2.46. The molecule has 0 bridgehead atoms. The van der Waals surface area contributed by atoms with Crippen molar-refractivity contribution in [3.05, 3.63) is 43.0 Å². The third kappa shape index (κ3) is 2.81. The van der Waals surface area contributed by atoms with Crippen LogP contribution in [0.2, 0.25) is 0 Å². The zero-order chi connectivity index (χ0) is 20.9. The first-order valence-corrected chi connectivity index (χ1v) is 11.6. The van der Waals surface area contributed by atoms with E-state index in [0.717, 1.165) is 0 Å². The number of carbonyl (C=O) groups excluding carboxylic acids is 1. The van der Waals surface area contributed by atoms with Crippen molar-refractivity contribution >= 4 is 21.9 Å². The van der Waals surface area contributed by atoms with Crippen LogP contribution in [0, 0.1) is 11.8 Å². The molecule has 30 heavy (non-hydrogen) atoms. The van der Waals surface area contributed by atoms with Crippen LogP contribution < -0.4 is 4.90 Å². The topological polar surface area (TPSA) is 99.6 Å². The van der Waals surface area contributed by atoms with Gasteiger partial charge in [-0.05, 0) is 31.0 Å². The van der Waals surface area contributed by atoms with Gasteiger partial charge in [0.2, 0.25) is 21.9 Å². The average molecular weight is 429 g/mol. The number of hydrogen-bond acceptors (Lipinski definition) is 7. The fourth-order valence-electron chi connectivity index (χ4n) is 5.40. The van der Waals surface area contributed by atoms with E-state index >= 15 is 0 Å². The fourth-order valence-corrected chi connectivity index (χ4v) is 6.81. The van der Waals surface area contributed by atoms with Crippen molar-refractivity contribution in [3.8, 4) is 0 Å². The van der Waals surface area contributed by atoms with Crippen molar-refractivity contribution in [2.75, 3.05) is 38.1 Å². The molecule has 5 rings (SSSR count). The highest BCUT2D eigenvalue weighted by atomic mass is 32.2. The first kappa shape index (κ1) is 19.4. The molecule has 158 valence electrons. The number of anilines is 1. The molecule has 5 heterocycles. The smallest absolute Gasteiger partial charge is 0.244 e. The predicted molar refractivity (Wildman–Crippen MR) is 109 cm³/mol. The predicted octanol–water partition coefficient (Wildman–Crippen LogP) is 0.619. The van der Waals surface area contributed by atoms with Crippen LogP contribution >= 0.6 is 0 Å². The van der Waals surface area contributed by atoms with Crippen molar-refractivity contribution < 1.29 is 13.2 Å². The Bertz CT molecular complexity index is 1040. The Kier molecular flexibility index (Phi) is 4.51. The molecule has 2 atom stereocenters. The number of aromatic nitrogens is 3.